The van der Waals surface area contributed by atoms with Gasteiger partial charge in [0.05, 0.1) is 18.4 Å². The number of aromatic amines is 1. The predicted octanol–water partition coefficient (Wildman–Crippen LogP) is 3.62. The number of hydrogen-bond donors (Lipinski definition) is 3. The first-order valence-electron chi connectivity index (χ1n) is 7.37. The van der Waals surface area contributed by atoms with E-state index < -0.39 is 0 Å². The number of aromatic hydroxyl groups is 1. The fraction of sp³-hybridized carbons (Fsp3) is 0.111. The van der Waals surface area contributed by atoms with E-state index in [1.54, 1.807) is 30.3 Å². The van der Waals surface area contributed by atoms with Crippen LogP contribution in [0.3, 0.4) is 0 Å². The van der Waals surface area contributed by atoms with Gasteiger partial charge in [-0.2, -0.15) is 5.10 Å². The summed E-state index contributed by atoms with van der Waals surface area (Å²) in [5, 5.41) is 19.8. The first-order valence-corrected chi connectivity index (χ1v) is 7.37. The van der Waals surface area contributed by atoms with Crippen LogP contribution in [0.2, 0.25) is 0 Å². The minimum absolute atomic E-state index is 0.228. The summed E-state index contributed by atoms with van der Waals surface area (Å²) in [5.74, 6) is 0.526. The number of H-pyrrole nitrogens is 1. The molecule has 0 spiro atoms. The van der Waals surface area contributed by atoms with Gasteiger partial charge in [0.15, 0.2) is 5.82 Å². The third-order valence-corrected chi connectivity index (χ3v) is 3.67. The van der Waals surface area contributed by atoms with Crippen LogP contribution < -0.4 is 5.32 Å². The van der Waals surface area contributed by atoms with Gasteiger partial charge in [0.2, 0.25) is 0 Å². The van der Waals surface area contributed by atoms with Crippen molar-refractivity contribution in [2.75, 3.05) is 12.4 Å². The average Bonchev–Trinajstić information content (AvgIpc) is 3.05. The van der Waals surface area contributed by atoms with Gasteiger partial charge in [-0.25, -0.2) is 4.79 Å². The zero-order valence-electron chi connectivity index (χ0n) is 13.3. The van der Waals surface area contributed by atoms with Gasteiger partial charge >= 0.3 is 5.97 Å². The summed E-state index contributed by atoms with van der Waals surface area (Å²) in [7, 11) is 1.36. The number of rotatable bonds is 4. The van der Waals surface area contributed by atoms with Gasteiger partial charge < -0.3 is 15.2 Å². The van der Waals surface area contributed by atoms with E-state index >= 15 is 0 Å². The van der Waals surface area contributed by atoms with Crippen LogP contribution in [-0.2, 0) is 4.74 Å². The van der Waals surface area contributed by atoms with Gasteiger partial charge in [0.1, 0.15) is 5.75 Å². The number of aryl methyl sites for hydroxylation is 1. The number of aromatic nitrogens is 2. The van der Waals surface area contributed by atoms with Gasteiger partial charge in [-0.1, -0.05) is 12.1 Å². The molecule has 0 fully saturated rings. The predicted molar refractivity (Wildman–Crippen MR) is 91.5 cm³/mol. The molecule has 3 N–H and O–H groups in total. The van der Waals surface area contributed by atoms with Crippen LogP contribution >= 0.6 is 0 Å². The highest BCUT2D eigenvalue weighted by Crippen LogP contribution is 2.26. The molecule has 24 heavy (non-hydrogen) atoms. The number of ether oxygens (including phenoxy) is 1. The first-order chi connectivity index (χ1) is 11.6. The van der Waals surface area contributed by atoms with Gasteiger partial charge in [-0.05, 0) is 48.4 Å². The Labute approximate surface area is 139 Å². The monoisotopic (exact) mass is 323 g/mol. The van der Waals surface area contributed by atoms with Crippen molar-refractivity contribution in [2.24, 2.45) is 0 Å². The zero-order valence-corrected chi connectivity index (χ0v) is 13.3. The molecule has 1 aromatic heterocycles. The Bertz CT molecular complexity index is 869. The van der Waals surface area contributed by atoms with Gasteiger partial charge in [-0.15, -0.1) is 0 Å². The third-order valence-electron chi connectivity index (χ3n) is 3.67. The Morgan fingerprint density at radius 3 is 2.58 bits per heavy atom. The summed E-state index contributed by atoms with van der Waals surface area (Å²) in [6.07, 6.45) is 0. The molecule has 0 unspecified atom stereocenters. The highest BCUT2D eigenvalue weighted by atomic mass is 16.5. The van der Waals surface area contributed by atoms with Crippen LogP contribution in [0.15, 0.2) is 48.5 Å². The maximum Gasteiger partial charge on any atom is 0.337 e. The van der Waals surface area contributed by atoms with Crippen molar-refractivity contribution in [3.63, 3.8) is 0 Å². The fourth-order valence-electron chi connectivity index (χ4n) is 2.36. The number of anilines is 2. The van der Waals surface area contributed by atoms with Crippen molar-refractivity contribution in [3.8, 4) is 17.0 Å². The summed E-state index contributed by atoms with van der Waals surface area (Å²) in [5.41, 5.74) is 4.02. The molecule has 0 atom stereocenters. The number of nitrogens with zero attached hydrogens (tertiary/aromatic N) is 1. The molecule has 0 saturated heterocycles. The lowest BCUT2D eigenvalue weighted by Gasteiger charge is -2.06. The molecule has 0 aliphatic carbocycles. The van der Waals surface area contributed by atoms with Crippen molar-refractivity contribution >= 4 is 17.5 Å². The summed E-state index contributed by atoms with van der Waals surface area (Å²) >= 11 is 0. The third kappa shape index (κ3) is 3.22. The molecule has 0 aliphatic rings. The van der Waals surface area contributed by atoms with Crippen LogP contribution in [0.25, 0.3) is 11.3 Å². The van der Waals surface area contributed by atoms with Crippen molar-refractivity contribution in [3.05, 3.63) is 59.7 Å². The minimum atomic E-state index is -0.365. The average molecular weight is 323 g/mol. The Morgan fingerprint density at radius 1 is 1.17 bits per heavy atom. The van der Waals surface area contributed by atoms with Gasteiger partial charge in [0, 0.05) is 11.8 Å². The van der Waals surface area contributed by atoms with E-state index in [9.17, 15) is 9.90 Å². The first kappa shape index (κ1) is 15.6. The molecule has 1 heterocycles. The quantitative estimate of drug-likeness (QED) is 0.504. The van der Waals surface area contributed by atoms with E-state index in [2.05, 4.69) is 20.3 Å². The van der Waals surface area contributed by atoms with E-state index in [0.717, 1.165) is 22.5 Å². The molecule has 6 nitrogen and oxygen atoms in total. The van der Waals surface area contributed by atoms with Gasteiger partial charge in [0.25, 0.3) is 0 Å². The van der Waals surface area contributed by atoms with Crippen molar-refractivity contribution in [2.45, 2.75) is 6.92 Å². The number of carbonyl (C=O) groups is 1. The lowest BCUT2D eigenvalue weighted by molar-refractivity contribution is 0.0601. The molecule has 3 rings (SSSR count). The molecule has 0 bridgehead atoms. The van der Waals surface area contributed by atoms with Crippen molar-refractivity contribution < 1.29 is 14.6 Å². The Hall–Kier alpha value is -3.28. The highest BCUT2D eigenvalue weighted by molar-refractivity contribution is 5.89. The maximum atomic E-state index is 11.5. The molecular formula is C18H17N3O3. The molecule has 3 aromatic rings. The fourth-order valence-corrected chi connectivity index (χ4v) is 2.36. The number of nitrogens with one attached hydrogen (secondary N) is 2. The summed E-state index contributed by atoms with van der Waals surface area (Å²) < 4.78 is 4.69. The standard InChI is InChI=1S/C18H17N3O3/c1-11-9-14(22)7-8-15(11)19-17-10-16(20-21-17)12-3-5-13(6-4-12)18(23)24-2/h3-10,22H,1-2H3,(H2,19,20,21). The molecule has 122 valence electrons. The topological polar surface area (TPSA) is 87.2 Å². The molecular weight excluding hydrogens is 306 g/mol. The van der Waals surface area contributed by atoms with E-state index in [1.807, 2.05) is 25.1 Å². The van der Waals surface area contributed by atoms with Crippen LogP contribution in [-0.4, -0.2) is 28.4 Å². The number of benzene rings is 2. The lowest BCUT2D eigenvalue weighted by Crippen LogP contribution is -2.00. The molecule has 2 aromatic carbocycles. The number of esters is 1. The normalized spacial score (nSPS) is 10.4. The largest absolute Gasteiger partial charge is 0.508 e. The Kier molecular flexibility index (Phi) is 4.20. The Balaban J connectivity index is 1.79. The summed E-state index contributed by atoms with van der Waals surface area (Å²) in [4.78, 5) is 11.5. The zero-order chi connectivity index (χ0) is 17.1. The summed E-state index contributed by atoms with van der Waals surface area (Å²) in [6.45, 7) is 1.90. The second-order valence-electron chi connectivity index (χ2n) is 5.36. The van der Waals surface area contributed by atoms with Crippen molar-refractivity contribution in [1.29, 1.82) is 0 Å². The van der Waals surface area contributed by atoms with E-state index in [-0.39, 0.29) is 11.7 Å². The lowest BCUT2D eigenvalue weighted by atomic mass is 10.1. The molecule has 0 saturated carbocycles. The summed E-state index contributed by atoms with van der Waals surface area (Å²) in [6, 6.07) is 14.0. The number of hydrogen-bond acceptors (Lipinski definition) is 5. The Morgan fingerprint density at radius 2 is 1.92 bits per heavy atom. The van der Waals surface area contributed by atoms with Gasteiger partial charge in [-0.3, -0.25) is 5.10 Å². The molecule has 0 aliphatic heterocycles. The molecule has 0 amide bonds. The highest BCUT2D eigenvalue weighted by Gasteiger charge is 2.08. The van der Waals surface area contributed by atoms with Crippen molar-refractivity contribution in [1.82, 2.24) is 10.2 Å². The van der Waals surface area contributed by atoms with E-state index in [1.165, 1.54) is 7.11 Å². The van der Waals surface area contributed by atoms with Crippen LogP contribution in [0.5, 0.6) is 5.75 Å². The second-order valence-corrected chi connectivity index (χ2v) is 5.36. The van der Waals surface area contributed by atoms with Crippen LogP contribution in [0.4, 0.5) is 11.5 Å². The molecule has 6 heteroatoms. The number of carbonyl (C=O) groups excluding carboxylic acids is 1. The number of phenols is 1. The van der Waals surface area contributed by atoms with E-state index in [4.69, 9.17) is 0 Å². The maximum absolute atomic E-state index is 11.5. The second kappa shape index (κ2) is 6.45. The van der Waals surface area contributed by atoms with E-state index in [0.29, 0.717) is 11.4 Å². The SMILES string of the molecule is COC(=O)c1ccc(-c2cc(Nc3ccc(O)cc3C)n[nH]2)cc1. The number of phenolic OH excluding ortho intramolecular Hbond substituents is 1. The minimum Gasteiger partial charge on any atom is -0.508 e. The molecule has 0 radical (unpaired) electrons. The smallest absolute Gasteiger partial charge is 0.337 e. The van der Waals surface area contributed by atoms with Crippen LogP contribution in [0.1, 0.15) is 15.9 Å². The van der Waals surface area contributed by atoms with Crippen LogP contribution in [0, 0.1) is 6.92 Å². The number of methoxy groups -OCH3 is 1.